The van der Waals surface area contributed by atoms with Crippen LogP contribution in [0.1, 0.15) is 17.0 Å². The highest BCUT2D eigenvalue weighted by Crippen LogP contribution is 2.46. The number of benzene rings is 2. The number of nitrogens with two attached hydrogens (primary N) is 1. The van der Waals surface area contributed by atoms with Gasteiger partial charge >= 0.3 is 0 Å². The molecule has 8 heteroatoms. The van der Waals surface area contributed by atoms with Gasteiger partial charge in [-0.25, -0.2) is 0 Å². The van der Waals surface area contributed by atoms with Crippen molar-refractivity contribution in [3.63, 3.8) is 0 Å². The van der Waals surface area contributed by atoms with Gasteiger partial charge in [0.1, 0.15) is 17.4 Å². The normalized spacial score (nSPS) is 15.3. The van der Waals surface area contributed by atoms with Crippen molar-refractivity contribution in [1.29, 1.82) is 5.26 Å². The Bertz CT molecular complexity index is 1140. The summed E-state index contributed by atoms with van der Waals surface area (Å²) in [7, 11) is 3.06. The number of phenolic OH excluding ortho intramolecular Hbond substituents is 1. The molecule has 0 bridgehead atoms. The van der Waals surface area contributed by atoms with Gasteiger partial charge in [-0.15, -0.1) is 5.10 Å². The number of hydrogen-bond donors (Lipinski definition) is 3. The summed E-state index contributed by atoms with van der Waals surface area (Å²) < 4.78 is 16.1. The van der Waals surface area contributed by atoms with Crippen molar-refractivity contribution in [2.75, 3.05) is 14.2 Å². The summed E-state index contributed by atoms with van der Waals surface area (Å²) in [4.78, 5) is 0. The Balaban J connectivity index is 1.91. The Morgan fingerprint density at radius 1 is 1.17 bits per heavy atom. The van der Waals surface area contributed by atoms with Gasteiger partial charge in [-0.2, -0.15) is 5.26 Å². The molecule has 0 spiro atoms. The SMILES string of the molecule is COc1ccc(-c2[nH]nc3c2C(c2ccc(O)c(OC)c2)C(C#N)=C(N)O3)cc1. The number of nitriles is 1. The van der Waals surface area contributed by atoms with E-state index in [2.05, 4.69) is 16.3 Å². The Morgan fingerprint density at radius 2 is 1.93 bits per heavy atom. The zero-order chi connectivity index (χ0) is 20.5. The van der Waals surface area contributed by atoms with Crippen LogP contribution in [0.15, 0.2) is 53.9 Å². The molecule has 0 radical (unpaired) electrons. The number of aromatic hydroxyl groups is 1. The number of hydrogen-bond acceptors (Lipinski definition) is 7. The average Bonchev–Trinajstić information content (AvgIpc) is 3.16. The summed E-state index contributed by atoms with van der Waals surface area (Å²) in [6, 6.07) is 14.5. The summed E-state index contributed by atoms with van der Waals surface area (Å²) in [5.74, 6) is 0.755. The molecule has 4 N–H and O–H groups in total. The lowest BCUT2D eigenvalue weighted by molar-refractivity contribution is 0.371. The number of methoxy groups -OCH3 is 2. The van der Waals surface area contributed by atoms with E-state index >= 15 is 0 Å². The minimum absolute atomic E-state index is 0.00145. The second-order valence-electron chi connectivity index (χ2n) is 6.40. The fourth-order valence-electron chi connectivity index (χ4n) is 3.43. The molecule has 1 aliphatic rings. The van der Waals surface area contributed by atoms with Crippen LogP contribution >= 0.6 is 0 Å². The maximum atomic E-state index is 9.96. The van der Waals surface area contributed by atoms with Crippen LogP contribution in [0.3, 0.4) is 0 Å². The molecule has 29 heavy (non-hydrogen) atoms. The van der Waals surface area contributed by atoms with Crippen LogP contribution in [0.2, 0.25) is 0 Å². The zero-order valence-electron chi connectivity index (χ0n) is 15.8. The number of ether oxygens (including phenoxy) is 3. The summed E-state index contributed by atoms with van der Waals surface area (Å²) >= 11 is 0. The fourth-order valence-corrected chi connectivity index (χ4v) is 3.43. The van der Waals surface area contributed by atoms with Crippen molar-refractivity contribution in [2.45, 2.75) is 5.92 Å². The first-order valence-electron chi connectivity index (χ1n) is 8.74. The van der Waals surface area contributed by atoms with Crippen LogP contribution in [0.4, 0.5) is 0 Å². The molecule has 4 rings (SSSR count). The molecule has 3 aromatic rings. The second kappa shape index (κ2) is 7.13. The molecule has 0 saturated heterocycles. The first-order chi connectivity index (χ1) is 14.1. The Hall–Kier alpha value is -4.12. The van der Waals surface area contributed by atoms with E-state index < -0.39 is 5.92 Å². The molecule has 1 aliphatic heterocycles. The minimum atomic E-state index is -0.547. The van der Waals surface area contributed by atoms with E-state index in [0.29, 0.717) is 28.5 Å². The van der Waals surface area contributed by atoms with Gasteiger partial charge in [0.25, 0.3) is 0 Å². The van der Waals surface area contributed by atoms with Crippen LogP contribution < -0.4 is 19.9 Å². The quantitative estimate of drug-likeness (QED) is 0.625. The largest absolute Gasteiger partial charge is 0.504 e. The molecular weight excluding hydrogens is 372 g/mol. The Morgan fingerprint density at radius 3 is 2.59 bits per heavy atom. The van der Waals surface area contributed by atoms with Crippen LogP contribution in [0.25, 0.3) is 11.3 Å². The number of nitrogens with zero attached hydrogens (tertiary/aromatic N) is 2. The summed E-state index contributed by atoms with van der Waals surface area (Å²) in [6.07, 6.45) is 0. The topological polar surface area (TPSA) is 126 Å². The first kappa shape index (κ1) is 18.3. The molecule has 8 nitrogen and oxygen atoms in total. The minimum Gasteiger partial charge on any atom is -0.504 e. The molecule has 1 unspecified atom stereocenters. The molecule has 1 aromatic heterocycles. The summed E-state index contributed by atoms with van der Waals surface area (Å²) in [6.45, 7) is 0. The summed E-state index contributed by atoms with van der Waals surface area (Å²) in [5.41, 5.74) is 9.17. The maximum Gasteiger partial charge on any atom is 0.244 e. The van der Waals surface area contributed by atoms with Gasteiger partial charge in [-0.05, 0) is 42.0 Å². The standard InChI is InChI=1S/C21H18N4O4/c1-27-13-6-3-11(4-7-13)19-18-17(12-5-8-15(26)16(9-12)28-2)14(10-22)20(23)29-21(18)25-24-19/h3-9,17,26H,23H2,1-2H3,(H,24,25). The molecule has 1 atom stereocenters. The fraction of sp³-hybridized carbons (Fsp3) is 0.143. The van der Waals surface area contributed by atoms with Crippen LogP contribution in [0.5, 0.6) is 23.1 Å². The molecular formula is C21H18N4O4. The van der Waals surface area contributed by atoms with Gasteiger partial charge in [0.2, 0.25) is 11.8 Å². The summed E-state index contributed by atoms with van der Waals surface area (Å²) in [5, 5.41) is 27.0. The number of aromatic nitrogens is 2. The maximum absolute atomic E-state index is 9.96. The van der Waals surface area contributed by atoms with Gasteiger partial charge in [-0.1, -0.05) is 6.07 Å². The molecule has 0 saturated carbocycles. The highest BCUT2D eigenvalue weighted by molar-refractivity contribution is 5.71. The lowest BCUT2D eigenvalue weighted by atomic mass is 9.83. The lowest BCUT2D eigenvalue weighted by Gasteiger charge is -2.24. The van der Waals surface area contributed by atoms with Gasteiger partial charge < -0.3 is 25.1 Å². The molecule has 0 amide bonds. The third-order valence-electron chi connectivity index (χ3n) is 4.85. The lowest BCUT2D eigenvalue weighted by Crippen LogP contribution is -2.21. The first-order valence-corrected chi connectivity index (χ1v) is 8.74. The van der Waals surface area contributed by atoms with Crippen molar-refractivity contribution in [1.82, 2.24) is 10.2 Å². The zero-order valence-corrected chi connectivity index (χ0v) is 15.8. The van der Waals surface area contributed by atoms with E-state index in [1.54, 1.807) is 19.2 Å². The van der Waals surface area contributed by atoms with Gasteiger partial charge in [-0.3, -0.25) is 5.10 Å². The van der Waals surface area contributed by atoms with E-state index in [0.717, 1.165) is 11.3 Å². The van der Waals surface area contributed by atoms with Crippen molar-refractivity contribution in [3.8, 4) is 40.5 Å². The second-order valence-corrected chi connectivity index (χ2v) is 6.40. The number of rotatable bonds is 4. The Labute approximate surface area is 166 Å². The van der Waals surface area contributed by atoms with Crippen molar-refractivity contribution in [3.05, 3.63) is 65.0 Å². The van der Waals surface area contributed by atoms with E-state index in [9.17, 15) is 10.4 Å². The molecule has 0 fully saturated rings. The third kappa shape index (κ3) is 2.99. The van der Waals surface area contributed by atoms with Crippen molar-refractivity contribution in [2.24, 2.45) is 5.73 Å². The molecule has 0 aliphatic carbocycles. The smallest absolute Gasteiger partial charge is 0.244 e. The number of phenols is 1. The molecule has 146 valence electrons. The van der Waals surface area contributed by atoms with Crippen LogP contribution in [-0.2, 0) is 0 Å². The number of aromatic amines is 1. The Kier molecular flexibility index (Phi) is 4.49. The van der Waals surface area contributed by atoms with Crippen LogP contribution in [-0.4, -0.2) is 29.5 Å². The number of fused-ring (bicyclic) bond motifs is 1. The molecule has 2 heterocycles. The predicted octanol–water partition coefficient (Wildman–Crippen LogP) is 3.02. The van der Waals surface area contributed by atoms with Gasteiger partial charge in [0.15, 0.2) is 11.5 Å². The van der Waals surface area contributed by atoms with Gasteiger partial charge in [0.05, 0.1) is 31.4 Å². The number of allylic oxidation sites excluding steroid dienone is 1. The number of H-pyrrole nitrogens is 1. The van der Waals surface area contributed by atoms with E-state index in [4.69, 9.17) is 19.9 Å². The van der Waals surface area contributed by atoms with E-state index in [1.165, 1.54) is 13.2 Å². The highest BCUT2D eigenvalue weighted by Gasteiger charge is 2.36. The molecule has 2 aromatic carbocycles. The average molecular weight is 390 g/mol. The third-order valence-corrected chi connectivity index (χ3v) is 4.85. The monoisotopic (exact) mass is 390 g/mol. The van der Waals surface area contributed by atoms with Crippen molar-refractivity contribution >= 4 is 0 Å². The van der Waals surface area contributed by atoms with Crippen LogP contribution in [0, 0.1) is 11.3 Å². The highest BCUT2D eigenvalue weighted by atomic mass is 16.5. The predicted molar refractivity (Wildman–Crippen MR) is 105 cm³/mol. The van der Waals surface area contributed by atoms with E-state index in [1.807, 2.05) is 24.3 Å². The van der Waals surface area contributed by atoms with Gasteiger partial charge in [0, 0.05) is 5.56 Å². The van der Waals surface area contributed by atoms with Crippen molar-refractivity contribution < 1.29 is 19.3 Å². The number of nitrogens with one attached hydrogen (secondary N) is 1. The van der Waals surface area contributed by atoms with E-state index in [-0.39, 0.29) is 17.2 Å².